The summed E-state index contributed by atoms with van der Waals surface area (Å²) in [7, 11) is 3.24. The summed E-state index contributed by atoms with van der Waals surface area (Å²) in [6, 6.07) is 1.00. The minimum Gasteiger partial charge on any atom is -0.383 e. The molecule has 0 radical (unpaired) electrons. The third-order valence-electron chi connectivity index (χ3n) is 2.86. The molecule has 9 heteroatoms. The maximum absolute atomic E-state index is 12.4. The summed E-state index contributed by atoms with van der Waals surface area (Å²) in [5, 5.41) is 10.6. The Morgan fingerprint density at radius 3 is 2.86 bits per heavy atom. The second-order valence-corrected chi connectivity index (χ2v) is 5.19. The summed E-state index contributed by atoms with van der Waals surface area (Å²) in [4.78, 5) is 24.6. The zero-order chi connectivity index (χ0) is 16.3. The van der Waals surface area contributed by atoms with Crippen LogP contribution in [0.4, 0.5) is 0 Å². The molecule has 0 aliphatic heterocycles. The molecule has 0 fully saturated rings. The fraction of sp³-hybridized carbons (Fsp3) is 0.385. The van der Waals surface area contributed by atoms with Crippen LogP contribution in [0, 0.1) is 0 Å². The van der Waals surface area contributed by atoms with Crippen LogP contribution in [-0.2, 0) is 11.8 Å². The number of halogens is 1. The molecule has 0 saturated heterocycles. The number of carbonyl (C=O) groups is 1. The minimum atomic E-state index is -0.570. The number of aromatic nitrogens is 4. The number of nitrogens with zero attached hydrogens (tertiary/aromatic N) is 4. The fourth-order valence-corrected chi connectivity index (χ4v) is 2.10. The first-order valence-electron chi connectivity index (χ1n) is 6.51. The van der Waals surface area contributed by atoms with Gasteiger partial charge < -0.3 is 10.1 Å². The maximum Gasteiger partial charge on any atom is 0.284 e. The molecule has 22 heavy (non-hydrogen) atoms. The Labute approximate surface area is 131 Å². The molecule has 118 valence electrons. The van der Waals surface area contributed by atoms with Gasteiger partial charge in [0.1, 0.15) is 11.3 Å². The Kier molecular flexibility index (Phi) is 4.94. The number of aryl methyl sites for hydroxylation is 1. The quantitative estimate of drug-likeness (QED) is 0.858. The molecule has 0 aliphatic rings. The molecule has 2 rings (SSSR count). The van der Waals surface area contributed by atoms with Gasteiger partial charge in [0.15, 0.2) is 5.15 Å². The van der Waals surface area contributed by atoms with Crippen molar-refractivity contribution >= 4 is 17.5 Å². The Morgan fingerprint density at radius 2 is 2.27 bits per heavy atom. The molecular weight excluding hydrogens is 310 g/mol. The van der Waals surface area contributed by atoms with Crippen LogP contribution < -0.4 is 10.9 Å². The number of nitrogens with one attached hydrogen (secondary N) is 1. The van der Waals surface area contributed by atoms with Crippen LogP contribution in [0.15, 0.2) is 23.3 Å². The molecule has 0 aromatic carbocycles. The van der Waals surface area contributed by atoms with Crippen molar-refractivity contribution in [3.8, 4) is 5.69 Å². The van der Waals surface area contributed by atoms with Crippen LogP contribution in [-0.4, -0.2) is 45.2 Å². The Hall–Kier alpha value is -2.19. The first kappa shape index (κ1) is 16.2. The van der Waals surface area contributed by atoms with Gasteiger partial charge in [0.05, 0.1) is 19.0 Å². The number of amides is 1. The van der Waals surface area contributed by atoms with Crippen LogP contribution >= 0.6 is 11.6 Å². The normalized spacial score (nSPS) is 12.2. The van der Waals surface area contributed by atoms with Gasteiger partial charge in [-0.05, 0) is 13.0 Å². The molecule has 1 unspecified atom stereocenters. The lowest BCUT2D eigenvalue weighted by molar-refractivity contribution is 0.0903. The first-order valence-corrected chi connectivity index (χ1v) is 6.89. The summed E-state index contributed by atoms with van der Waals surface area (Å²) in [6.07, 6.45) is 3.06. The number of carbonyl (C=O) groups excluding carboxylic acids is 1. The molecule has 1 amide bonds. The van der Waals surface area contributed by atoms with E-state index in [9.17, 15) is 9.59 Å². The lowest BCUT2D eigenvalue weighted by atomic mass is 10.2. The van der Waals surface area contributed by atoms with Gasteiger partial charge in [0, 0.05) is 20.2 Å². The molecule has 1 atom stereocenters. The van der Waals surface area contributed by atoms with Crippen molar-refractivity contribution < 1.29 is 9.53 Å². The summed E-state index contributed by atoms with van der Waals surface area (Å²) < 4.78 is 7.51. The average molecular weight is 326 g/mol. The summed E-state index contributed by atoms with van der Waals surface area (Å²) in [5.41, 5.74) is -0.236. The molecule has 0 bridgehead atoms. The van der Waals surface area contributed by atoms with E-state index in [2.05, 4.69) is 15.5 Å². The van der Waals surface area contributed by atoms with Crippen molar-refractivity contribution in [2.45, 2.75) is 13.0 Å². The molecule has 2 heterocycles. The Balaban J connectivity index is 2.39. The van der Waals surface area contributed by atoms with Gasteiger partial charge in [-0.2, -0.15) is 14.9 Å². The lowest BCUT2D eigenvalue weighted by Crippen LogP contribution is -2.39. The van der Waals surface area contributed by atoms with Crippen LogP contribution in [0.3, 0.4) is 0 Å². The standard InChI is InChI=1S/C13H16ClN5O3/c1-8(7-22-3)16-12(20)10-4-11(14)17-19(13(10)21)9-5-15-18(2)6-9/h4-6,8H,7H2,1-3H3,(H,16,20). The van der Waals surface area contributed by atoms with Crippen molar-refractivity contribution in [1.82, 2.24) is 24.9 Å². The van der Waals surface area contributed by atoms with E-state index in [1.54, 1.807) is 20.2 Å². The topological polar surface area (TPSA) is 91.0 Å². The first-order chi connectivity index (χ1) is 10.4. The highest BCUT2D eigenvalue weighted by atomic mass is 35.5. The highest BCUT2D eigenvalue weighted by Gasteiger charge is 2.18. The van der Waals surface area contributed by atoms with E-state index in [4.69, 9.17) is 16.3 Å². The second kappa shape index (κ2) is 6.71. The Bertz CT molecular complexity index is 740. The van der Waals surface area contributed by atoms with Crippen molar-refractivity contribution in [1.29, 1.82) is 0 Å². The molecule has 0 spiro atoms. The van der Waals surface area contributed by atoms with Crippen LogP contribution in [0.1, 0.15) is 17.3 Å². The van der Waals surface area contributed by atoms with Crippen LogP contribution in [0.5, 0.6) is 0 Å². The Morgan fingerprint density at radius 1 is 1.55 bits per heavy atom. The van der Waals surface area contributed by atoms with E-state index in [-0.39, 0.29) is 16.8 Å². The molecule has 2 aromatic rings. The van der Waals surface area contributed by atoms with Gasteiger partial charge in [0.25, 0.3) is 11.5 Å². The van der Waals surface area contributed by atoms with E-state index in [1.165, 1.54) is 24.1 Å². The van der Waals surface area contributed by atoms with Crippen LogP contribution in [0.25, 0.3) is 5.69 Å². The fourth-order valence-electron chi connectivity index (χ4n) is 1.91. The molecule has 1 N–H and O–H groups in total. The number of ether oxygens (including phenoxy) is 1. The predicted molar refractivity (Wildman–Crippen MR) is 80.4 cm³/mol. The zero-order valence-electron chi connectivity index (χ0n) is 12.4. The van der Waals surface area contributed by atoms with Gasteiger partial charge in [-0.15, -0.1) is 0 Å². The molecule has 0 saturated carbocycles. The number of rotatable bonds is 5. The summed E-state index contributed by atoms with van der Waals surface area (Å²) >= 11 is 5.92. The molecule has 0 aliphatic carbocycles. The number of methoxy groups -OCH3 is 1. The molecular formula is C13H16ClN5O3. The minimum absolute atomic E-state index is 0.0352. The summed E-state index contributed by atoms with van der Waals surface area (Å²) in [6.45, 7) is 2.10. The van der Waals surface area contributed by atoms with Gasteiger partial charge in [0.2, 0.25) is 0 Å². The van der Waals surface area contributed by atoms with Crippen molar-refractivity contribution in [2.24, 2.45) is 7.05 Å². The van der Waals surface area contributed by atoms with E-state index < -0.39 is 11.5 Å². The lowest BCUT2D eigenvalue weighted by Gasteiger charge is -2.13. The number of hydrogen-bond donors (Lipinski definition) is 1. The smallest absolute Gasteiger partial charge is 0.284 e. The van der Waals surface area contributed by atoms with E-state index in [1.807, 2.05) is 0 Å². The number of hydrogen-bond acceptors (Lipinski definition) is 5. The average Bonchev–Trinajstić information content (AvgIpc) is 2.87. The van der Waals surface area contributed by atoms with E-state index in [0.29, 0.717) is 12.3 Å². The van der Waals surface area contributed by atoms with Gasteiger partial charge in [-0.25, -0.2) is 0 Å². The third-order valence-corrected chi connectivity index (χ3v) is 3.04. The van der Waals surface area contributed by atoms with Crippen LogP contribution in [0.2, 0.25) is 5.15 Å². The summed E-state index contributed by atoms with van der Waals surface area (Å²) in [5.74, 6) is -0.531. The maximum atomic E-state index is 12.4. The second-order valence-electron chi connectivity index (χ2n) is 4.80. The van der Waals surface area contributed by atoms with Gasteiger partial charge >= 0.3 is 0 Å². The SMILES string of the molecule is COCC(C)NC(=O)c1cc(Cl)nn(-c2cnn(C)c2)c1=O. The highest BCUT2D eigenvalue weighted by Crippen LogP contribution is 2.08. The van der Waals surface area contributed by atoms with Gasteiger partial charge in [-0.3, -0.25) is 14.3 Å². The largest absolute Gasteiger partial charge is 0.383 e. The molecule has 2 aromatic heterocycles. The highest BCUT2D eigenvalue weighted by molar-refractivity contribution is 6.29. The van der Waals surface area contributed by atoms with Crippen molar-refractivity contribution in [3.05, 3.63) is 39.5 Å². The van der Waals surface area contributed by atoms with Crippen molar-refractivity contribution in [2.75, 3.05) is 13.7 Å². The van der Waals surface area contributed by atoms with Crippen molar-refractivity contribution in [3.63, 3.8) is 0 Å². The van der Waals surface area contributed by atoms with E-state index in [0.717, 1.165) is 4.68 Å². The van der Waals surface area contributed by atoms with E-state index >= 15 is 0 Å². The van der Waals surface area contributed by atoms with Gasteiger partial charge in [-0.1, -0.05) is 11.6 Å². The predicted octanol–water partition coefficient (Wildman–Crippen LogP) is 0.384. The molecule has 8 nitrogen and oxygen atoms in total. The zero-order valence-corrected chi connectivity index (χ0v) is 13.2. The monoisotopic (exact) mass is 325 g/mol. The third kappa shape index (κ3) is 3.52.